The lowest BCUT2D eigenvalue weighted by atomic mass is 10.1. The molecule has 0 heterocycles. The maximum absolute atomic E-state index is 9.44. The molecule has 17 heavy (non-hydrogen) atoms. The molecule has 0 spiro atoms. The fourth-order valence-corrected chi connectivity index (χ4v) is 2.25. The van der Waals surface area contributed by atoms with Gasteiger partial charge in [0.25, 0.3) is 0 Å². The van der Waals surface area contributed by atoms with Crippen molar-refractivity contribution in [1.82, 2.24) is 0 Å². The second kappa shape index (κ2) is 5.40. The predicted octanol–water partition coefficient (Wildman–Crippen LogP) is 4.17. The van der Waals surface area contributed by atoms with Crippen molar-refractivity contribution in [1.29, 1.82) is 0 Å². The number of hydrogen-bond donors (Lipinski definition) is 2. The summed E-state index contributed by atoms with van der Waals surface area (Å²) in [6, 6.07) is 15.7. The lowest BCUT2D eigenvalue weighted by Crippen LogP contribution is -2.06. The first-order chi connectivity index (χ1) is 8.15. The van der Waals surface area contributed by atoms with E-state index in [2.05, 4.69) is 47.0 Å². The van der Waals surface area contributed by atoms with E-state index in [1.54, 1.807) is 12.1 Å². The van der Waals surface area contributed by atoms with Gasteiger partial charge in [-0.05, 0) is 65.4 Å². The summed E-state index contributed by atoms with van der Waals surface area (Å²) < 4.78 is 1.20. The third-order valence-electron chi connectivity index (χ3n) is 2.58. The minimum Gasteiger partial charge on any atom is -0.508 e. The van der Waals surface area contributed by atoms with Crippen LogP contribution in [0, 0.1) is 3.57 Å². The van der Waals surface area contributed by atoms with Crippen LogP contribution in [0.4, 0.5) is 5.69 Å². The van der Waals surface area contributed by atoms with Crippen molar-refractivity contribution in [3.8, 4) is 5.75 Å². The smallest absolute Gasteiger partial charge is 0.115 e. The number of hydrogen-bond acceptors (Lipinski definition) is 2. The third-order valence-corrected chi connectivity index (χ3v) is 3.25. The Morgan fingerprint density at radius 2 is 1.88 bits per heavy atom. The van der Waals surface area contributed by atoms with Gasteiger partial charge in [0.05, 0.1) is 0 Å². The highest BCUT2D eigenvalue weighted by Gasteiger charge is 2.05. The maximum atomic E-state index is 9.44. The highest BCUT2D eigenvalue weighted by Crippen LogP contribution is 2.22. The van der Waals surface area contributed by atoms with E-state index in [4.69, 9.17) is 0 Å². The van der Waals surface area contributed by atoms with Gasteiger partial charge in [0, 0.05) is 15.3 Å². The quantitative estimate of drug-likeness (QED) is 0.823. The maximum Gasteiger partial charge on any atom is 0.115 e. The Morgan fingerprint density at radius 1 is 1.12 bits per heavy atom. The normalized spacial score (nSPS) is 12.1. The van der Waals surface area contributed by atoms with Gasteiger partial charge in [-0.15, -0.1) is 0 Å². The number of aromatic hydroxyl groups is 1. The van der Waals surface area contributed by atoms with Gasteiger partial charge in [0.2, 0.25) is 0 Å². The second-order valence-electron chi connectivity index (χ2n) is 3.97. The Kier molecular flexibility index (Phi) is 3.89. The summed E-state index contributed by atoms with van der Waals surface area (Å²) in [5, 5.41) is 12.9. The van der Waals surface area contributed by atoms with Gasteiger partial charge < -0.3 is 10.4 Å². The van der Waals surface area contributed by atoms with E-state index < -0.39 is 0 Å². The van der Waals surface area contributed by atoms with E-state index in [0.717, 1.165) is 11.3 Å². The van der Waals surface area contributed by atoms with Crippen LogP contribution in [0.3, 0.4) is 0 Å². The van der Waals surface area contributed by atoms with E-state index in [-0.39, 0.29) is 6.04 Å². The minimum atomic E-state index is 0.167. The number of phenolic OH excluding ortho intramolecular Hbond substituents is 1. The first-order valence-corrected chi connectivity index (χ1v) is 6.54. The molecule has 2 aromatic rings. The first-order valence-electron chi connectivity index (χ1n) is 5.46. The number of anilines is 1. The molecule has 2 N–H and O–H groups in total. The van der Waals surface area contributed by atoms with Crippen LogP contribution in [-0.4, -0.2) is 5.11 Å². The number of rotatable bonds is 3. The van der Waals surface area contributed by atoms with Crippen LogP contribution in [0.15, 0.2) is 48.5 Å². The summed E-state index contributed by atoms with van der Waals surface area (Å²) >= 11 is 2.29. The molecule has 0 saturated heterocycles. The standard InChI is InChI=1S/C14H14INO/c1-10(11-4-2-7-14(17)8-11)16-13-6-3-5-12(15)9-13/h2-10,16-17H,1H3. The van der Waals surface area contributed by atoms with Crippen molar-refractivity contribution in [3.63, 3.8) is 0 Å². The van der Waals surface area contributed by atoms with E-state index in [1.165, 1.54) is 3.57 Å². The van der Waals surface area contributed by atoms with Crippen molar-refractivity contribution < 1.29 is 5.11 Å². The lowest BCUT2D eigenvalue weighted by Gasteiger charge is -2.16. The molecule has 0 aliphatic rings. The summed E-state index contributed by atoms with van der Waals surface area (Å²) in [6.45, 7) is 2.08. The Balaban J connectivity index is 2.14. The molecule has 3 heteroatoms. The highest BCUT2D eigenvalue weighted by molar-refractivity contribution is 14.1. The number of halogens is 1. The molecular weight excluding hydrogens is 325 g/mol. The molecule has 0 bridgehead atoms. The van der Waals surface area contributed by atoms with Crippen LogP contribution in [0.5, 0.6) is 5.75 Å². The Bertz CT molecular complexity index is 513. The predicted molar refractivity (Wildman–Crippen MR) is 79.3 cm³/mol. The average Bonchev–Trinajstić information content (AvgIpc) is 2.29. The molecule has 0 radical (unpaired) electrons. The molecule has 2 nitrogen and oxygen atoms in total. The largest absolute Gasteiger partial charge is 0.508 e. The molecule has 2 aromatic carbocycles. The molecule has 0 aliphatic heterocycles. The fraction of sp³-hybridized carbons (Fsp3) is 0.143. The Labute approximate surface area is 115 Å². The van der Waals surface area contributed by atoms with Crippen LogP contribution in [0.2, 0.25) is 0 Å². The van der Waals surface area contributed by atoms with Gasteiger partial charge in [0.15, 0.2) is 0 Å². The molecule has 2 rings (SSSR count). The lowest BCUT2D eigenvalue weighted by molar-refractivity contribution is 0.474. The summed E-state index contributed by atoms with van der Waals surface area (Å²) in [6.07, 6.45) is 0. The van der Waals surface area contributed by atoms with Gasteiger partial charge in [0.1, 0.15) is 5.75 Å². The molecule has 0 aromatic heterocycles. The summed E-state index contributed by atoms with van der Waals surface area (Å²) in [7, 11) is 0. The van der Waals surface area contributed by atoms with Gasteiger partial charge in [-0.25, -0.2) is 0 Å². The number of phenols is 1. The molecule has 1 unspecified atom stereocenters. The fourth-order valence-electron chi connectivity index (χ4n) is 1.71. The van der Waals surface area contributed by atoms with E-state index >= 15 is 0 Å². The van der Waals surface area contributed by atoms with Crippen molar-refractivity contribution >= 4 is 28.3 Å². The number of benzene rings is 2. The Morgan fingerprint density at radius 3 is 2.59 bits per heavy atom. The van der Waals surface area contributed by atoms with E-state index in [0.29, 0.717) is 5.75 Å². The monoisotopic (exact) mass is 339 g/mol. The zero-order valence-electron chi connectivity index (χ0n) is 9.52. The molecule has 1 atom stereocenters. The second-order valence-corrected chi connectivity index (χ2v) is 5.22. The van der Waals surface area contributed by atoms with E-state index in [9.17, 15) is 5.11 Å². The third kappa shape index (κ3) is 3.36. The number of nitrogens with one attached hydrogen (secondary N) is 1. The average molecular weight is 339 g/mol. The van der Waals surface area contributed by atoms with Gasteiger partial charge in [-0.2, -0.15) is 0 Å². The molecule has 0 saturated carbocycles. The van der Waals surface area contributed by atoms with Gasteiger partial charge in [-0.3, -0.25) is 0 Å². The van der Waals surface area contributed by atoms with Crippen LogP contribution in [-0.2, 0) is 0 Å². The van der Waals surface area contributed by atoms with Crippen LogP contribution < -0.4 is 5.32 Å². The van der Waals surface area contributed by atoms with Gasteiger partial charge >= 0.3 is 0 Å². The first kappa shape index (κ1) is 12.2. The summed E-state index contributed by atoms with van der Waals surface area (Å²) in [5.41, 5.74) is 2.16. The van der Waals surface area contributed by atoms with Crippen LogP contribution in [0.1, 0.15) is 18.5 Å². The molecule has 0 fully saturated rings. The Hall–Kier alpha value is -1.23. The molecule has 88 valence electrons. The van der Waals surface area contributed by atoms with Crippen molar-refractivity contribution in [2.75, 3.05) is 5.32 Å². The van der Waals surface area contributed by atoms with E-state index in [1.807, 2.05) is 24.3 Å². The summed E-state index contributed by atoms with van der Waals surface area (Å²) in [5.74, 6) is 0.304. The van der Waals surface area contributed by atoms with Crippen molar-refractivity contribution in [2.45, 2.75) is 13.0 Å². The zero-order valence-corrected chi connectivity index (χ0v) is 11.7. The minimum absolute atomic E-state index is 0.167. The zero-order chi connectivity index (χ0) is 12.3. The molecule has 0 amide bonds. The topological polar surface area (TPSA) is 32.3 Å². The van der Waals surface area contributed by atoms with Crippen LogP contribution in [0.25, 0.3) is 0 Å². The molecule has 0 aliphatic carbocycles. The SMILES string of the molecule is CC(Nc1cccc(I)c1)c1cccc(O)c1. The van der Waals surface area contributed by atoms with Gasteiger partial charge in [-0.1, -0.05) is 18.2 Å². The molecular formula is C14H14INO. The highest BCUT2D eigenvalue weighted by atomic mass is 127. The summed E-state index contributed by atoms with van der Waals surface area (Å²) in [4.78, 5) is 0. The van der Waals surface area contributed by atoms with Crippen LogP contribution >= 0.6 is 22.6 Å². The van der Waals surface area contributed by atoms with Crippen molar-refractivity contribution in [3.05, 3.63) is 57.7 Å². The van der Waals surface area contributed by atoms with Crippen molar-refractivity contribution in [2.24, 2.45) is 0 Å².